The Labute approximate surface area is 105 Å². The Morgan fingerprint density at radius 2 is 1.83 bits per heavy atom. The maximum absolute atomic E-state index is 5.85. The third kappa shape index (κ3) is 1.84. The van der Waals surface area contributed by atoms with E-state index in [2.05, 4.69) is 10.1 Å². The SMILES string of the molecule is Nc1ncccc1-c1cnn(-c2ccccc2)c1. The van der Waals surface area contributed by atoms with Crippen molar-refractivity contribution in [3.63, 3.8) is 0 Å². The van der Waals surface area contributed by atoms with Crippen molar-refractivity contribution in [3.05, 3.63) is 61.1 Å². The predicted molar refractivity (Wildman–Crippen MR) is 71.2 cm³/mol. The molecular formula is C14H12N4. The van der Waals surface area contributed by atoms with Crippen LogP contribution in [-0.2, 0) is 0 Å². The summed E-state index contributed by atoms with van der Waals surface area (Å²) in [7, 11) is 0. The van der Waals surface area contributed by atoms with Crippen LogP contribution in [0.1, 0.15) is 0 Å². The molecule has 0 bridgehead atoms. The third-order valence-corrected chi connectivity index (χ3v) is 2.75. The molecule has 0 aliphatic heterocycles. The molecular weight excluding hydrogens is 224 g/mol. The number of pyridine rings is 1. The summed E-state index contributed by atoms with van der Waals surface area (Å²) in [5, 5.41) is 4.34. The second kappa shape index (κ2) is 4.33. The number of rotatable bonds is 2. The lowest BCUT2D eigenvalue weighted by molar-refractivity contribution is 0.881. The first-order chi connectivity index (χ1) is 8.84. The van der Waals surface area contributed by atoms with E-state index in [-0.39, 0.29) is 0 Å². The first-order valence-corrected chi connectivity index (χ1v) is 5.65. The Hall–Kier alpha value is -2.62. The predicted octanol–water partition coefficient (Wildman–Crippen LogP) is 2.52. The minimum absolute atomic E-state index is 0.519. The molecule has 0 amide bonds. The average molecular weight is 236 g/mol. The number of para-hydroxylation sites is 1. The normalized spacial score (nSPS) is 10.4. The lowest BCUT2D eigenvalue weighted by atomic mass is 10.1. The third-order valence-electron chi connectivity index (χ3n) is 2.75. The van der Waals surface area contributed by atoms with E-state index in [1.807, 2.05) is 53.3 Å². The number of benzene rings is 1. The van der Waals surface area contributed by atoms with Crippen molar-refractivity contribution in [1.29, 1.82) is 0 Å². The molecule has 3 rings (SSSR count). The minimum Gasteiger partial charge on any atom is -0.383 e. The highest BCUT2D eigenvalue weighted by Crippen LogP contribution is 2.23. The zero-order chi connectivity index (χ0) is 12.4. The van der Waals surface area contributed by atoms with Crippen LogP contribution in [0.3, 0.4) is 0 Å². The zero-order valence-corrected chi connectivity index (χ0v) is 9.69. The highest BCUT2D eigenvalue weighted by Gasteiger charge is 2.06. The van der Waals surface area contributed by atoms with E-state index in [0.717, 1.165) is 16.8 Å². The summed E-state index contributed by atoms with van der Waals surface area (Å²) < 4.78 is 1.82. The Morgan fingerprint density at radius 1 is 1.00 bits per heavy atom. The molecule has 0 atom stereocenters. The molecule has 0 spiro atoms. The van der Waals surface area contributed by atoms with E-state index >= 15 is 0 Å². The highest BCUT2D eigenvalue weighted by molar-refractivity contribution is 5.72. The van der Waals surface area contributed by atoms with Crippen LogP contribution >= 0.6 is 0 Å². The Bertz CT molecular complexity index is 658. The van der Waals surface area contributed by atoms with Gasteiger partial charge < -0.3 is 5.73 Å². The van der Waals surface area contributed by atoms with Gasteiger partial charge >= 0.3 is 0 Å². The van der Waals surface area contributed by atoms with Crippen LogP contribution in [0.2, 0.25) is 0 Å². The molecule has 0 unspecified atom stereocenters. The van der Waals surface area contributed by atoms with Gasteiger partial charge in [0.2, 0.25) is 0 Å². The molecule has 4 nitrogen and oxygen atoms in total. The van der Waals surface area contributed by atoms with Crippen molar-refractivity contribution in [2.75, 3.05) is 5.73 Å². The van der Waals surface area contributed by atoms with Gasteiger partial charge in [0, 0.05) is 23.5 Å². The van der Waals surface area contributed by atoms with Gasteiger partial charge in [0.05, 0.1) is 11.9 Å². The van der Waals surface area contributed by atoms with Crippen LogP contribution < -0.4 is 5.73 Å². The molecule has 1 aromatic carbocycles. The Morgan fingerprint density at radius 3 is 2.61 bits per heavy atom. The lowest BCUT2D eigenvalue weighted by Crippen LogP contribution is -1.93. The van der Waals surface area contributed by atoms with Crippen molar-refractivity contribution in [2.45, 2.75) is 0 Å². The summed E-state index contributed by atoms with van der Waals surface area (Å²) in [6.45, 7) is 0. The van der Waals surface area contributed by atoms with Gasteiger partial charge in [-0.2, -0.15) is 5.10 Å². The van der Waals surface area contributed by atoms with Gasteiger partial charge in [-0.1, -0.05) is 18.2 Å². The maximum Gasteiger partial charge on any atom is 0.131 e. The van der Waals surface area contributed by atoms with E-state index in [4.69, 9.17) is 5.73 Å². The summed E-state index contributed by atoms with van der Waals surface area (Å²) in [5.74, 6) is 0.519. The molecule has 2 heterocycles. The summed E-state index contributed by atoms with van der Waals surface area (Å²) in [5.41, 5.74) is 8.74. The van der Waals surface area contributed by atoms with Crippen LogP contribution in [0.5, 0.6) is 0 Å². The molecule has 0 radical (unpaired) electrons. The van der Waals surface area contributed by atoms with E-state index in [1.54, 1.807) is 12.4 Å². The number of hydrogen-bond donors (Lipinski definition) is 1. The molecule has 2 N–H and O–H groups in total. The van der Waals surface area contributed by atoms with Crippen molar-refractivity contribution in [2.24, 2.45) is 0 Å². The van der Waals surface area contributed by atoms with Crippen molar-refractivity contribution < 1.29 is 0 Å². The molecule has 0 fully saturated rings. The number of anilines is 1. The fourth-order valence-corrected chi connectivity index (χ4v) is 1.85. The number of nitrogens with two attached hydrogens (primary N) is 1. The maximum atomic E-state index is 5.85. The molecule has 0 saturated carbocycles. The van der Waals surface area contributed by atoms with E-state index < -0.39 is 0 Å². The smallest absolute Gasteiger partial charge is 0.131 e. The fourth-order valence-electron chi connectivity index (χ4n) is 1.85. The number of aromatic nitrogens is 3. The van der Waals surface area contributed by atoms with Gasteiger partial charge in [-0.05, 0) is 24.3 Å². The van der Waals surface area contributed by atoms with Crippen molar-refractivity contribution >= 4 is 5.82 Å². The van der Waals surface area contributed by atoms with Crippen LogP contribution in [0.25, 0.3) is 16.8 Å². The molecule has 88 valence electrons. The standard InChI is InChI=1S/C14H12N4/c15-14-13(7-4-8-16-14)11-9-17-18(10-11)12-5-2-1-3-6-12/h1-10H,(H2,15,16). The minimum atomic E-state index is 0.519. The summed E-state index contributed by atoms with van der Waals surface area (Å²) in [6, 6.07) is 13.8. The second-order valence-corrected chi connectivity index (χ2v) is 3.95. The summed E-state index contributed by atoms with van der Waals surface area (Å²) >= 11 is 0. The molecule has 2 aromatic heterocycles. The van der Waals surface area contributed by atoms with Gasteiger partial charge in [0.25, 0.3) is 0 Å². The Kier molecular flexibility index (Phi) is 2.53. The number of nitrogens with zero attached hydrogens (tertiary/aromatic N) is 3. The van der Waals surface area contributed by atoms with Gasteiger partial charge in [-0.15, -0.1) is 0 Å². The topological polar surface area (TPSA) is 56.7 Å². The quantitative estimate of drug-likeness (QED) is 0.743. The first-order valence-electron chi connectivity index (χ1n) is 5.65. The van der Waals surface area contributed by atoms with E-state index in [9.17, 15) is 0 Å². The molecule has 0 saturated heterocycles. The highest BCUT2D eigenvalue weighted by atomic mass is 15.3. The molecule has 4 heteroatoms. The van der Waals surface area contributed by atoms with Crippen molar-refractivity contribution in [3.8, 4) is 16.8 Å². The number of nitrogen functional groups attached to an aromatic ring is 1. The van der Waals surface area contributed by atoms with Crippen LogP contribution in [-0.4, -0.2) is 14.8 Å². The van der Waals surface area contributed by atoms with Gasteiger partial charge in [-0.25, -0.2) is 9.67 Å². The molecule has 18 heavy (non-hydrogen) atoms. The van der Waals surface area contributed by atoms with Crippen LogP contribution in [0, 0.1) is 0 Å². The summed E-state index contributed by atoms with van der Waals surface area (Å²) in [4.78, 5) is 4.08. The number of hydrogen-bond acceptors (Lipinski definition) is 3. The summed E-state index contributed by atoms with van der Waals surface area (Å²) in [6.07, 6.45) is 5.42. The van der Waals surface area contributed by atoms with Crippen molar-refractivity contribution in [1.82, 2.24) is 14.8 Å². The first kappa shape index (κ1) is 10.5. The Balaban J connectivity index is 2.03. The van der Waals surface area contributed by atoms with Gasteiger partial charge in [-0.3, -0.25) is 0 Å². The lowest BCUT2D eigenvalue weighted by Gasteiger charge is -2.01. The molecule has 0 aliphatic carbocycles. The molecule has 0 aliphatic rings. The van der Waals surface area contributed by atoms with E-state index in [1.165, 1.54) is 0 Å². The van der Waals surface area contributed by atoms with Crippen LogP contribution in [0.4, 0.5) is 5.82 Å². The molecule has 3 aromatic rings. The average Bonchev–Trinajstić information content (AvgIpc) is 2.90. The van der Waals surface area contributed by atoms with E-state index in [0.29, 0.717) is 5.82 Å². The van der Waals surface area contributed by atoms with Gasteiger partial charge in [0.1, 0.15) is 5.82 Å². The monoisotopic (exact) mass is 236 g/mol. The van der Waals surface area contributed by atoms with Crippen LogP contribution in [0.15, 0.2) is 61.1 Å². The fraction of sp³-hybridized carbons (Fsp3) is 0. The zero-order valence-electron chi connectivity index (χ0n) is 9.69. The second-order valence-electron chi connectivity index (χ2n) is 3.95. The van der Waals surface area contributed by atoms with Gasteiger partial charge in [0.15, 0.2) is 0 Å². The largest absolute Gasteiger partial charge is 0.383 e.